The summed E-state index contributed by atoms with van der Waals surface area (Å²) in [6.07, 6.45) is -1.24. The summed E-state index contributed by atoms with van der Waals surface area (Å²) < 4.78 is 30.1. The summed E-state index contributed by atoms with van der Waals surface area (Å²) in [4.78, 5) is 27.5. The van der Waals surface area contributed by atoms with Crippen LogP contribution in [-0.4, -0.2) is 85.8 Å². The van der Waals surface area contributed by atoms with E-state index in [4.69, 9.17) is 27.9 Å². The van der Waals surface area contributed by atoms with Gasteiger partial charge in [0.25, 0.3) is 0 Å². The molecule has 0 aliphatic carbocycles. The fourth-order valence-corrected chi connectivity index (χ4v) is 5.57. The topological polar surface area (TPSA) is 116 Å². The fraction of sp³-hybridized carbons (Fsp3) is 0.636. The van der Waals surface area contributed by atoms with Gasteiger partial charge in [-0.3, -0.25) is 0 Å². The summed E-state index contributed by atoms with van der Waals surface area (Å²) in [6, 6.07) is 4.70. The Balaban J connectivity index is 1.93. The molecule has 2 aliphatic rings. The molecule has 190 valence electrons. The number of nitrogens with zero attached hydrogens (tertiary/aromatic N) is 2. The van der Waals surface area contributed by atoms with E-state index < -0.39 is 39.1 Å². The number of rotatable bonds is 3. The second-order valence-electron chi connectivity index (χ2n) is 9.87. The van der Waals surface area contributed by atoms with Crippen molar-refractivity contribution >= 4 is 45.2 Å². The first-order valence-corrected chi connectivity index (χ1v) is 13.6. The second kappa shape index (κ2) is 10.1. The number of carboxylic acid groups (broad SMARTS) is 1. The third-order valence-electron chi connectivity index (χ3n) is 6.38. The van der Waals surface area contributed by atoms with Crippen LogP contribution in [0.1, 0.15) is 32.8 Å². The van der Waals surface area contributed by atoms with E-state index in [1.54, 1.807) is 18.2 Å². The number of nitrogens with one attached hydrogen (secondary N) is 1. The Labute approximate surface area is 210 Å². The predicted molar refractivity (Wildman–Crippen MR) is 130 cm³/mol. The van der Waals surface area contributed by atoms with Crippen LogP contribution in [0.3, 0.4) is 0 Å². The highest BCUT2D eigenvalue weighted by Gasteiger charge is 2.44. The van der Waals surface area contributed by atoms with Gasteiger partial charge in [0.1, 0.15) is 5.60 Å². The van der Waals surface area contributed by atoms with E-state index in [2.05, 4.69) is 5.32 Å². The number of hydrogen-bond donors (Lipinski definition) is 2. The van der Waals surface area contributed by atoms with Crippen LogP contribution in [-0.2, 0) is 20.2 Å². The summed E-state index contributed by atoms with van der Waals surface area (Å²) in [5.41, 5.74) is -0.802. The molecule has 2 fully saturated rings. The van der Waals surface area contributed by atoms with Gasteiger partial charge >= 0.3 is 12.1 Å². The molecule has 2 saturated heterocycles. The molecule has 1 aromatic rings. The number of benzene rings is 1. The number of halogens is 2. The Bertz CT molecular complexity index is 1030. The van der Waals surface area contributed by atoms with Crippen molar-refractivity contribution in [2.45, 2.75) is 38.9 Å². The molecule has 1 unspecified atom stereocenters. The van der Waals surface area contributed by atoms with Crippen LogP contribution in [0.5, 0.6) is 0 Å². The normalized spacial score (nSPS) is 25.5. The largest absolute Gasteiger partial charge is 0.465 e. The molecule has 0 saturated carbocycles. The van der Waals surface area contributed by atoms with Gasteiger partial charge in [0, 0.05) is 26.1 Å². The molecule has 0 radical (unpaired) electrons. The summed E-state index contributed by atoms with van der Waals surface area (Å²) in [5, 5.41) is 13.3. The van der Waals surface area contributed by atoms with Crippen molar-refractivity contribution in [3.05, 3.63) is 33.8 Å². The molecule has 1 aromatic carbocycles. The van der Waals surface area contributed by atoms with Crippen LogP contribution in [0.4, 0.5) is 9.59 Å². The second-order valence-corrected chi connectivity index (χ2v) is 13.0. The molecule has 2 N–H and O–H groups in total. The van der Waals surface area contributed by atoms with Crippen LogP contribution < -0.4 is 5.32 Å². The number of carbonyl (C=O) groups is 2. The summed E-state index contributed by atoms with van der Waals surface area (Å²) in [6.45, 7) is 6.56. The Morgan fingerprint density at radius 2 is 1.79 bits per heavy atom. The summed E-state index contributed by atoms with van der Waals surface area (Å²) in [5.74, 6) is -0.150. The molecule has 12 heteroatoms. The molecule has 2 heterocycles. The van der Waals surface area contributed by atoms with E-state index in [9.17, 15) is 23.1 Å². The van der Waals surface area contributed by atoms with Gasteiger partial charge in [0.15, 0.2) is 9.84 Å². The zero-order valence-corrected chi connectivity index (χ0v) is 21.8. The summed E-state index contributed by atoms with van der Waals surface area (Å²) in [7, 11) is -3.13. The van der Waals surface area contributed by atoms with E-state index in [1.165, 1.54) is 9.80 Å². The van der Waals surface area contributed by atoms with Gasteiger partial charge in [-0.25, -0.2) is 18.0 Å². The molecular formula is C22H31Cl2N3O6S. The lowest BCUT2D eigenvalue weighted by Crippen LogP contribution is -2.53. The van der Waals surface area contributed by atoms with Crippen molar-refractivity contribution < 1.29 is 27.9 Å². The molecule has 2 aliphatic heterocycles. The summed E-state index contributed by atoms with van der Waals surface area (Å²) >= 11 is 12.4. The van der Waals surface area contributed by atoms with Gasteiger partial charge < -0.3 is 25.0 Å². The highest BCUT2D eigenvalue weighted by Crippen LogP contribution is 2.40. The van der Waals surface area contributed by atoms with E-state index in [0.29, 0.717) is 15.6 Å². The van der Waals surface area contributed by atoms with Crippen molar-refractivity contribution in [3.8, 4) is 0 Å². The van der Waals surface area contributed by atoms with Gasteiger partial charge in [-0.15, -0.1) is 0 Å². The number of hydrogen-bond acceptors (Lipinski definition) is 5. The lowest BCUT2D eigenvalue weighted by Gasteiger charge is -2.40. The van der Waals surface area contributed by atoms with Crippen molar-refractivity contribution in [2.24, 2.45) is 5.41 Å². The van der Waals surface area contributed by atoms with Gasteiger partial charge in [-0.2, -0.15) is 0 Å². The highest BCUT2D eigenvalue weighted by atomic mass is 35.5. The van der Waals surface area contributed by atoms with Crippen molar-refractivity contribution in [3.63, 3.8) is 0 Å². The third kappa shape index (κ3) is 6.27. The van der Waals surface area contributed by atoms with E-state index in [-0.39, 0.29) is 50.7 Å². The van der Waals surface area contributed by atoms with Crippen LogP contribution in [0.15, 0.2) is 18.2 Å². The van der Waals surface area contributed by atoms with Crippen LogP contribution >= 0.6 is 23.2 Å². The molecule has 0 spiro atoms. The lowest BCUT2D eigenvalue weighted by molar-refractivity contribution is -0.128. The van der Waals surface area contributed by atoms with Crippen molar-refractivity contribution in [1.29, 1.82) is 0 Å². The SMILES string of the molecule is CC(C)(C)C1CN(C(=O)O)CC[C@@](CNC(=O)N2CCS(=O)(=O)CC2)(c2ccc(Cl)c(Cl)c2)O1. The molecule has 3 rings (SSSR count). The molecule has 9 nitrogen and oxygen atoms in total. The first-order valence-electron chi connectivity index (χ1n) is 11.1. The smallest absolute Gasteiger partial charge is 0.407 e. The van der Waals surface area contributed by atoms with E-state index >= 15 is 0 Å². The molecule has 0 aromatic heterocycles. The zero-order valence-electron chi connectivity index (χ0n) is 19.5. The van der Waals surface area contributed by atoms with Crippen LogP contribution in [0.25, 0.3) is 0 Å². The van der Waals surface area contributed by atoms with Crippen molar-refractivity contribution in [1.82, 2.24) is 15.1 Å². The monoisotopic (exact) mass is 535 g/mol. The Kier molecular flexibility index (Phi) is 7.96. The first kappa shape index (κ1) is 26.8. The maximum atomic E-state index is 12.9. The molecule has 0 bridgehead atoms. The Morgan fingerprint density at radius 1 is 1.15 bits per heavy atom. The standard InChI is InChI=1S/C22H31Cl2N3O6S/c1-21(2,3)18-13-27(20(29)30)7-6-22(33-18,15-4-5-16(23)17(24)12-15)14-25-19(28)26-8-10-34(31,32)11-9-26/h4-5,12,18H,6-11,13-14H2,1-3H3,(H,25,28)(H,29,30)/t18?,22-/m1/s1. The van der Waals surface area contributed by atoms with Crippen LogP contribution in [0.2, 0.25) is 10.0 Å². The number of ether oxygens (including phenoxy) is 1. The minimum absolute atomic E-state index is 0.0487. The number of amides is 3. The quantitative estimate of drug-likeness (QED) is 0.612. The average Bonchev–Trinajstić information content (AvgIpc) is 2.95. The van der Waals surface area contributed by atoms with Gasteiger partial charge in [-0.05, 0) is 23.1 Å². The van der Waals surface area contributed by atoms with Gasteiger partial charge in [-0.1, -0.05) is 50.0 Å². The molecule has 3 amide bonds. The third-order valence-corrected chi connectivity index (χ3v) is 8.73. The molecule has 2 atom stereocenters. The Hall–Kier alpha value is -1.75. The minimum Gasteiger partial charge on any atom is -0.465 e. The van der Waals surface area contributed by atoms with E-state index in [1.807, 2.05) is 20.8 Å². The zero-order chi connectivity index (χ0) is 25.3. The van der Waals surface area contributed by atoms with E-state index in [0.717, 1.165) is 0 Å². The molecule has 34 heavy (non-hydrogen) atoms. The maximum absolute atomic E-state index is 12.9. The molecular weight excluding hydrogens is 505 g/mol. The van der Waals surface area contributed by atoms with Gasteiger partial charge in [0.05, 0.1) is 40.7 Å². The lowest BCUT2D eigenvalue weighted by atomic mass is 9.86. The first-order chi connectivity index (χ1) is 15.7. The minimum atomic E-state index is -3.13. The Morgan fingerprint density at radius 3 is 2.35 bits per heavy atom. The maximum Gasteiger partial charge on any atom is 0.407 e. The fourth-order valence-electron chi connectivity index (χ4n) is 4.07. The predicted octanol–water partition coefficient (Wildman–Crippen LogP) is 3.44. The average molecular weight is 536 g/mol. The number of carbonyl (C=O) groups excluding carboxylic acids is 1. The number of urea groups is 1. The number of sulfone groups is 1. The van der Waals surface area contributed by atoms with Crippen LogP contribution in [0, 0.1) is 5.41 Å². The highest BCUT2D eigenvalue weighted by molar-refractivity contribution is 7.91. The van der Waals surface area contributed by atoms with Gasteiger partial charge in [0.2, 0.25) is 0 Å². The van der Waals surface area contributed by atoms with Crippen molar-refractivity contribution in [2.75, 3.05) is 44.2 Å².